The van der Waals surface area contributed by atoms with E-state index in [1.807, 2.05) is 30.3 Å². The lowest BCUT2D eigenvalue weighted by Crippen LogP contribution is -1.96. The number of carboxylic acid groups (broad SMARTS) is 1. The molecule has 0 saturated heterocycles. The van der Waals surface area contributed by atoms with Crippen molar-refractivity contribution >= 4 is 34.8 Å². The van der Waals surface area contributed by atoms with Gasteiger partial charge in [-0.15, -0.1) is 23.1 Å². The Morgan fingerprint density at radius 3 is 2.82 bits per heavy atom. The summed E-state index contributed by atoms with van der Waals surface area (Å²) < 4.78 is 0. The molecule has 1 heterocycles. The molecule has 0 aliphatic carbocycles. The van der Waals surface area contributed by atoms with E-state index in [1.165, 1.54) is 11.3 Å². The van der Waals surface area contributed by atoms with E-state index in [0.29, 0.717) is 10.6 Å². The molecule has 3 nitrogen and oxygen atoms in total. The van der Waals surface area contributed by atoms with Crippen LogP contribution in [0.2, 0.25) is 0 Å². The van der Waals surface area contributed by atoms with Crippen LogP contribution in [-0.2, 0) is 5.75 Å². The molecule has 0 saturated carbocycles. The fourth-order valence-corrected chi connectivity index (χ4v) is 3.22. The van der Waals surface area contributed by atoms with Gasteiger partial charge in [0, 0.05) is 16.3 Å². The Labute approximate surface area is 107 Å². The molecular formula is C12H11NO2S2. The molecule has 0 fully saturated rings. The number of carbonyl (C=O) groups is 1. The van der Waals surface area contributed by atoms with E-state index in [4.69, 9.17) is 10.8 Å². The fourth-order valence-electron chi connectivity index (χ4n) is 1.40. The quantitative estimate of drug-likeness (QED) is 0.657. The zero-order chi connectivity index (χ0) is 12.3. The van der Waals surface area contributed by atoms with Crippen molar-refractivity contribution in [3.8, 4) is 0 Å². The zero-order valence-corrected chi connectivity index (χ0v) is 10.6. The van der Waals surface area contributed by atoms with Gasteiger partial charge in [-0.1, -0.05) is 12.1 Å². The summed E-state index contributed by atoms with van der Waals surface area (Å²) in [6, 6.07) is 9.43. The molecule has 1 aromatic carbocycles. The molecule has 0 unspecified atom stereocenters. The van der Waals surface area contributed by atoms with Crippen molar-refractivity contribution in [1.29, 1.82) is 0 Å². The van der Waals surface area contributed by atoms with Crippen molar-refractivity contribution in [2.45, 2.75) is 10.6 Å². The van der Waals surface area contributed by atoms with E-state index >= 15 is 0 Å². The van der Waals surface area contributed by atoms with Gasteiger partial charge in [-0.2, -0.15) is 0 Å². The maximum Gasteiger partial charge on any atom is 0.346 e. The number of rotatable bonds is 4. The second-order valence-electron chi connectivity index (χ2n) is 3.41. The largest absolute Gasteiger partial charge is 0.477 e. The number of anilines is 1. The van der Waals surface area contributed by atoms with Gasteiger partial charge in [0.1, 0.15) is 4.88 Å². The number of hydrogen-bond donors (Lipinski definition) is 2. The minimum atomic E-state index is -0.864. The number of hydrogen-bond acceptors (Lipinski definition) is 4. The van der Waals surface area contributed by atoms with Gasteiger partial charge in [-0.3, -0.25) is 0 Å². The Morgan fingerprint density at radius 1 is 1.35 bits per heavy atom. The first-order valence-corrected chi connectivity index (χ1v) is 6.82. The van der Waals surface area contributed by atoms with Crippen LogP contribution < -0.4 is 5.73 Å². The monoisotopic (exact) mass is 265 g/mol. The van der Waals surface area contributed by atoms with Crippen LogP contribution in [0.1, 0.15) is 15.2 Å². The summed E-state index contributed by atoms with van der Waals surface area (Å²) in [6.07, 6.45) is 0. The van der Waals surface area contributed by atoms with Gasteiger partial charge in [0.15, 0.2) is 0 Å². The molecule has 0 spiro atoms. The molecule has 0 aliphatic heterocycles. The molecule has 2 rings (SSSR count). The highest BCUT2D eigenvalue weighted by molar-refractivity contribution is 7.98. The molecule has 0 radical (unpaired) electrons. The molecule has 88 valence electrons. The summed E-state index contributed by atoms with van der Waals surface area (Å²) in [5.74, 6) is -0.240. The Kier molecular flexibility index (Phi) is 3.71. The van der Waals surface area contributed by atoms with E-state index in [1.54, 1.807) is 17.1 Å². The van der Waals surface area contributed by atoms with Crippen LogP contribution in [0.5, 0.6) is 0 Å². The number of nitrogen functional groups attached to an aromatic ring is 1. The molecule has 17 heavy (non-hydrogen) atoms. The number of nitrogens with two attached hydrogens (primary N) is 1. The lowest BCUT2D eigenvalue weighted by atomic mass is 10.3. The molecule has 1 aromatic heterocycles. The van der Waals surface area contributed by atoms with Crippen LogP contribution in [0.4, 0.5) is 5.69 Å². The SMILES string of the molecule is Nc1ccccc1SCc1ccsc1C(=O)O. The molecule has 0 bridgehead atoms. The molecule has 3 N–H and O–H groups in total. The smallest absolute Gasteiger partial charge is 0.346 e. The maximum atomic E-state index is 10.9. The molecular weight excluding hydrogens is 254 g/mol. The second-order valence-corrected chi connectivity index (χ2v) is 5.34. The average Bonchev–Trinajstić information content (AvgIpc) is 2.76. The van der Waals surface area contributed by atoms with Gasteiger partial charge in [0.2, 0.25) is 0 Å². The van der Waals surface area contributed by atoms with E-state index in [2.05, 4.69) is 0 Å². The molecule has 2 aromatic rings. The summed E-state index contributed by atoms with van der Waals surface area (Å²) in [7, 11) is 0. The Morgan fingerprint density at radius 2 is 2.12 bits per heavy atom. The Bertz CT molecular complexity index is 537. The number of aromatic carboxylic acids is 1. The van der Waals surface area contributed by atoms with Gasteiger partial charge < -0.3 is 10.8 Å². The van der Waals surface area contributed by atoms with Crippen molar-refractivity contribution in [3.05, 3.63) is 46.2 Å². The zero-order valence-electron chi connectivity index (χ0n) is 8.92. The van der Waals surface area contributed by atoms with Crippen molar-refractivity contribution < 1.29 is 9.90 Å². The number of para-hydroxylation sites is 1. The summed E-state index contributed by atoms with van der Waals surface area (Å²) in [6.45, 7) is 0. The highest BCUT2D eigenvalue weighted by atomic mass is 32.2. The van der Waals surface area contributed by atoms with Crippen LogP contribution in [0.3, 0.4) is 0 Å². The van der Waals surface area contributed by atoms with Crippen LogP contribution in [0, 0.1) is 0 Å². The van der Waals surface area contributed by atoms with E-state index < -0.39 is 5.97 Å². The highest BCUT2D eigenvalue weighted by Gasteiger charge is 2.11. The molecule has 0 aliphatic rings. The predicted octanol–water partition coefficient (Wildman–Crippen LogP) is 3.32. The standard InChI is InChI=1S/C12H11NO2S2/c13-9-3-1-2-4-10(9)17-7-8-5-6-16-11(8)12(14)15/h1-6H,7,13H2,(H,14,15). The second kappa shape index (κ2) is 5.25. The highest BCUT2D eigenvalue weighted by Crippen LogP contribution is 2.30. The summed E-state index contributed by atoms with van der Waals surface area (Å²) >= 11 is 2.81. The molecule has 0 amide bonds. The third-order valence-corrected chi connectivity index (χ3v) is 4.33. The topological polar surface area (TPSA) is 63.3 Å². The van der Waals surface area contributed by atoms with Gasteiger partial charge in [-0.25, -0.2) is 4.79 Å². The third-order valence-electron chi connectivity index (χ3n) is 2.24. The Hall–Kier alpha value is -1.46. The van der Waals surface area contributed by atoms with Gasteiger partial charge in [0.05, 0.1) is 0 Å². The minimum Gasteiger partial charge on any atom is -0.477 e. The first kappa shape index (κ1) is 12.0. The number of thioether (sulfide) groups is 1. The number of thiophene rings is 1. The summed E-state index contributed by atoms with van der Waals surface area (Å²) in [4.78, 5) is 12.3. The third kappa shape index (κ3) is 2.81. The van der Waals surface area contributed by atoms with Gasteiger partial charge in [-0.05, 0) is 29.1 Å². The van der Waals surface area contributed by atoms with Crippen LogP contribution >= 0.6 is 23.1 Å². The summed E-state index contributed by atoms with van der Waals surface area (Å²) in [5.41, 5.74) is 7.39. The number of benzene rings is 1. The van der Waals surface area contributed by atoms with Crippen LogP contribution in [-0.4, -0.2) is 11.1 Å². The first-order valence-electron chi connectivity index (χ1n) is 4.95. The minimum absolute atomic E-state index is 0.409. The average molecular weight is 265 g/mol. The lowest BCUT2D eigenvalue weighted by molar-refractivity contribution is 0.0701. The van der Waals surface area contributed by atoms with Crippen molar-refractivity contribution in [3.63, 3.8) is 0 Å². The van der Waals surface area contributed by atoms with Crippen LogP contribution in [0.15, 0.2) is 40.6 Å². The first-order chi connectivity index (χ1) is 8.18. The Balaban J connectivity index is 2.10. The van der Waals surface area contributed by atoms with Crippen molar-refractivity contribution in [1.82, 2.24) is 0 Å². The molecule has 5 heteroatoms. The fraction of sp³-hybridized carbons (Fsp3) is 0.0833. The van der Waals surface area contributed by atoms with E-state index in [-0.39, 0.29) is 0 Å². The number of carboxylic acids is 1. The van der Waals surface area contributed by atoms with E-state index in [9.17, 15) is 4.79 Å². The predicted molar refractivity (Wildman–Crippen MR) is 71.7 cm³/mol. The summed E-state index contributed by atoms with van der Waals surface area (Å²) in [5, 5.41) is 10.8. The van der Waals surface area contributed by atoms with Gasteiger partial charge >= 0.3 is 5.97 Å². The van der Waals surface area contributed by atoms with Crippen molar-refractivity contribution in [2.24, 2.45) is 0 Å². The van der Waals surface area contributed by atoms with E-state index in [0.717, 1.165) is 16.1 Å². The maximum absolute atomic E-state index is 10.9. The van der Waals surface area contributed by atoms with Gasteiger partial charge in [0.25, 0.3) is 0 Å². The molecule has 0 atom stereocenters. The van der Waals surface area contributed by atoms with Crippen molar-refractivity contribution in [2.75, 3.05) is 5.73 Å². The normalized spacial score (nSPS) is 10.4. The lowest BCUT2D eigenvalue weighted by Gasteiger charge is -2.04. The van der Waals surface area contributed by atoms with Crippen LogP contribution in [0.25, 0.3) is 0 Å².